The van der Waals surface area contributed by atoms with Gasteiger partial charge in [0.25, 0.3) is 0 Å². The lowest BCUT2D eigenvalue weighted by molar-refractivity contribution is 0.0967. The van der Waals surface area contributed by atoms with Crippen LogP contribution in [0.15, 0.2) is 24.3 Å². The topological polar surface area (TPSA) is 17.1 Å². The third kappa shape index (κ3) is 1.42. The quantitative estimate of drug-likeness (QED) is 0.648. The van der Waals surface area contributed by atoms with Gasteiger partial charge in [-0.2, -0.15) is 0 Å². The first-order chi connectivity index (χ1) is 6.52. The molecule has 1 aromatic carbocycles. The smallest absolute Gasteiger partial charge is 0.176 e. The fourth-order valence-corrected chi connectivity index (χ4v) is 3.16. The molecule has 2 heteroatoms. The molecule has 0 fully saturated rings. The van der Waals surface area contributed by atoms with E-state index in [2.05, 4.69) is 35.8 Å². The second-order valence-electron chi connectivity index (χ2n) is 4.47. The van der Waals surface area contributed by atoms with E-state index >= 15 is 0 Å². The Balaban J connectivity index is 2.62. The van der Waals surface area contributed by atoms with Gasteiger partial charge in [-0.25, -0.2) is 0 Å². The molecule has 0 aromatic heterocycles. The third-order valence-electron chi connectivity index (χ3n) is 2.90. The molecule has 0 N–H and O–H groups in total. The van der Waals surface area contributed by atoms with E-state index in [0.717, 1.165) is 12.0 Å². The molecule has 0 aliphatic heterocycles. The van der Waals surface area contributed by atoms with Gasteiger partial charge in [-0.3, -0.25) is 4.79 Å². The van der Waals surface area contributed by atoms with Gasteiger partial charge in [-0.05, 0) is 17.4 Å². The average Bonchev–Trinajstić information content (AvgIpc) is 2.14. The molecule has 1 aromatic rings. The summed E-state index contributed by atoms with van der Waals surface area (Å²) < 4.78 is 0. The average molecular weight is 253 g/mol. The number of carbonyl (C=O) groups excluding carboxylic acids is 1. The highest BCUT2D eigenvalue weighted by atomic mass is 79.9. The maximum absolute atomic E-state index is 11.9. The van der Waals surface area contributed by atoms with Crippen molar-refractivity contribution in [2.24, 2.45) is 0 Å². The van der Waals surface area contributed by atoms with E-state index in [1.165, 1.54) is 5.56 Å². The monoisotopic (exact) mass is 252 g/mol. The second-order valence-corrected chi connectivity index (χ2v) is 5.57. The molecule has 0 saturated heterocycles. The van der Waals surface area contributed by atoms with Crippen molar-refractivity contribution in [2.45, 2.75) is 30.5 Å². The predicted octanol–water partition coefficient (Wildman–Crippen LogP) is 3.31. The number of Topliss-reactive ketones (excluding diaryl/α,β-unsaturated/α-hetero) is 1. The zero-order chi connectivity index (χ0) is 10.3. The molecule has 1 aliphatic rings. The molecule has 0 spiro atoms. The molecule has 0 amide bonds. The van der Waals surface area contributed by atoms with Gasteiger partial charge in [-0.1, -0.05) is 54.0 Å². The summed E-state index contributed by atoms with van der Waals surface area (Å²) in [5, 5.41) is 0. The maximum Gasteiger partial charge on any atom is 0.176 e. The number of halogens is 1. The van der Waals surface area contributed by atoms with Gasteiger partial charge in [0, 0.05) is 5.56 Å². The first-order valence-corrected chi connectivity index (χ1v) is 5.72. The van der Waals surface area contributed by atoms with E-state index in [1.807, 2.05) is 18.2 Å². The van der Waals surface area contributed by atoms with Crippen molar-refractivity contribution in [1.82, 2.24) is 0 Å². The van der Waals surface area contributed by atoms with Crippen molar-refractivity contribution in [2.75, 3.05) is 0 Å². The summed E-state index contributed by atoms with van der Waals surface area (Å²) in [5.41, 5.74) is 2.16. The summed E-state index contributed by atoms with van der Waals surface area (Å²) in [4.78, 5) is 11.8. The molecule has 1 aliphatic carbocycles. The Bertz CT molecular complexity index is 382. The maximum atomic E-state index is 11.9. The molecule has 14 heavy (non-hydrogen) atoms. The van der Waals surface area contributed by atoms with E-state index < -0.39 is 0 Å². The van der Waals surface area contributed by atoms with E-state index in [-0.39, 0.29) is 16.0 Å². The molecule has 0 saturated carbocycles. The van der Waals surface area contributed by atoms with Gasteiger partial charge in [0.1, 0.15) is 0 Å². The number of benzene rings is 1. The largest absolute Gasteiger partial charge is 0.293 e. The normalized spacial score (nSPS) is 24.5. The van der Waals surface area contributed by atoms with Crippen molar-refractivity contribution >= 4 is 21.7 Å². The fourth-order valence-electron chi connectivity index (χ4n) is 2.11. The number of carbonyl (C=O) groups is 1. The summed E-state index contributed by atoms with van der Waals surface area (Å²) in [6.45, 7) is 4.37. The van der Waals surface area contributed by atoms with Crippen molar-refractivity contribution in [1.29, 1.82) is 0 Å². The van der Waals surface area contributed by atoms with Gasteiger partial charge in [0.2, 0.25) is 0 Å². The van der Waals surface area contributed by atoms with Crippen molar-refractivity contribution < 1.29 is 4.79 Å². The van der Waals surface area contributed by atoms with E-state index in [0.29, 0.717) is 0 Å². The highest BCUT2D eigenvalue weighted by Crippen LogP contribution is 2.38. The zero-order valence-corrected chi connectivity index (χ0v) is 9.97. The molecule has 0 heterocycles. The number of fused-ring (bicyclic) bond motifs is 1. The summed E-state index contributed by atoms with van der Waals surface area (Å²) >= 11 is 3.45. The number of hydrogen-bond acceptors (Lipinski definition) is 1. The van der Waals surface area contributed by atoms with Crippen LogP contribution in [0, 0.1) is 0 Å². The predicted molar refractivity (Wildman–Crippen MR) is 61.1 cm³/mol. The molecule has 74 valence electrons. The van der Waals surface area contributed by atoms with Crippen molar-refractivity contribution in [3.63, 3.8) is 0 Å². The minimum Gasteiger partial charge on any atom is -0.293 e. The fraction of sp³-hybridized carbons (Fsp3) is 0.417. The zero-order valence-electron chi connectivity index (χ0n) is 8.38. The van der Waals surface area contributed by atoms with Crippen molar-refractivity contribution in [3.8, 4) is 0 Å². The molecule has 0 radical (unpaired) electrons. The van der Waals surface area contributed by atoms with Crippen LogP contribution in [0.25, 0.3) is 0 Å². The lowest BCUT2D eigenvalue weighted by Crippen LogP contribution is -2.34. The molecule has 0 bridgehead atoms. The van der Waals surface area contributed by atoms with E-state index in [9.17, 15) is 4.79 Å². The number of rotatable bonds is 0. The minimum atomic E-state index is -0.0209. The van der Waals surface area contributed by atoms with Crippen LogP contribution in [0.5, 0.6) is 0 Å². The van der Waals surface area contributed by atoms with Crippen LogP contribution in [-0.4, -0.2) is 10.6 Å². The lowest BCUT2D eigenvalue weighted by atomic mass is 9.72. The van der Waals surface area contributed by atoms with Gasteiger partial charge < -0.3 is 0 Å². The SMILES string of the molecule is CC1(C)CC(Br)C(=O)c2ccccc21. The summed E-state index contributed by atoms with van der Waals surface area (Å²) in [6.07, 6.45) is 0.878. The second kappa shape index (κ2) is 3.20. The Kier molecular flexibility index (Phi) is 2.26. The first kappa shape index (κ1) is 9.91. The van der Waals surface area contributed by atoms with Crippen LogP contribution in [0.3, 0.4) is 0 Å². The van der Waals surface area contributed by atoms with E-state index in [1.54, 1.807) is 0 Å². The Hall–Kier alpha value is -0.630. The van der Waals surface area contributed by atoms with Gasteiger partial charge in [-0.15, -0.1) is 0 Å². The molecular weight excluding hydrogens is 240 g/mol. The lowest BCUT2D eigenvalue weighted by Gasteiger charge is -2.34. The molecule has 1 unspecified atom stereocenters. The molecule has 1 nitrogen and oxygen atoms in total. The third-order valence-corrected chi connectivity index (χ3v) is 3.64. The summed E-state index contributed by atoms with van der Waals surface area (Å²) in [5.74, 6) is 0.222. The van der Waals surface area contributed by atoms with Crippen LogP contribution in [-0.2, 0) is 5.41 Å². The minimum absolute atomic E-state index is 0.0209. The van der Waals surface area contributed by atoms with E-state index in [4.69, 9.17) is 0 Å². The highest BCUT2D eigenvalue weighted by molar-refractivity contribution is 9.10. The Labute approximate surface area is 92.6 Å². The Morgan fingerprint density at radius 3 is 2.71 bits per heavy atom. The molecule has 2 rings (SSSR count). The summed E-state index contributed by atoms with van der Waals surface area (Å²) in [7, 11) is 0. The molecular formula is C12H13BrO. The molecule has 1 atom stereocenters. The highest BCUT2D eigenvalue weighted by Gasteiger charge is 2.36. The number of alkyl halides is 1. The van der Waals surface area contributed by atoms with Crippen LogP contribution >= 0.6 is 15.9 Å². The first-order valence-electron chi connectivity index (χ1n) is 4.80. The van der Waals surface area contributed by atoms with Crippen molar-refractivity contribution in [3.05, 3.63) is 35.4 Å². The van der Waals surface area contributed by atoms with Gasteiger partial charge >= 0.3 is 0 Å². The van der Waals surface area contributed by atoms with Crippen LogP contribution < -0.4 is 0 Å². The van der Waals surface area contributed by atoms with Crippen LogP contribution in [0.1, 0.15) is 36.2 Å². The van der Waals surface area contributed by atoms with Crippen LogP contribution in [0.2, 0.25) is 0 Å². The standard InChI is InChI=1S/C12H13BrO/c1-12(2)7-10(13)11(14)8-5-3-4-6-9(8)12/h3-6,10H,7H2,1-2H3. The van der Waals surface area contributed by atoms with Crippen LogP contribution in [0.4, 0.5) is 0 Å². The van der Waals surface area contributed by atoms with Gasteiger partial charge in [0.05, 0.1) is 4.83 Å². The number of ketones is 1. The number of hydrogen-bond donors (Lipinski definition) is 0. The Morgan fingerprint density at radius 1 is 1.36 bits per heavy atom. The summed E-state index contributed by atoms with van der Waals surface area (Å²) in [6, 6.07) is 7.92. The Morgan fingerprint density at radius 2 is 2.00 bits per heavy atom. The van der Waals surface area contributed by atoms with Gasteiger partial charge in [0.15, 0.2) is 5.78 Å².